The SMILES string of the molecule is C[Si](C)(C)C#Cc1ccc(N2CCOCC2)cn1. The fourth-order valence-corrected chi connectivity index (χ4v) is 2.22. The predicted octanol–water partition coefficient (Wildman–Crippen LogP) is 2.15. The van der Waals surface area contributed by atoms with Gasteiger partial charge in [0.1, 0.15) is 13.8 Å². The number of aromatic nitrogens is 1. The average Bonchev–Trinajstić information content (AvgIpc) is 2.37. The molecule has 0 aliphatic carbocycles. The van der Waals surface area contributed by atoms with Gasteiger partial charge in [0.15, 0.2) is 0 Å². The zero-order valence-electron chi connectivity index (χ0n) is 11.4. The molecule has 3 nitrogen and oxygen atoms in total. The van der Waals surface area contributed by atoms with E-state index in [4.69, 9.17) is 4.74 Å². The molecule has 0 saturated carbocycles. The molecule has 96 valence electrons. The van der Waals surface area contributed by atoms with Gasteiger partial charge < -0.3 is 9.64 Å². The number of nitrogens with zero attached hydrogens (tertiary/aromatic N) is 2. The summed E-state index contributed by atoms with van der Waals surface area (Å²) in [6.45, 7) is 10.2. The fraction of sp³-hybridized carbons (Fsp3) is 0.500. The average molecular weight is 260 g/mol. The highest BCUT2D eigenvalue weighted by molar-refractivity contribution is 6.83. The van der Waals surface area contributed by atoms with E-state index in [1.807, 2.05) is 12.3 Å². The number of ether oxygens (including phenoxy) is 1. The third-order valence-electron chi connectivity index (χ3n) is 2.69. The Morgan fingerprint density at radius 2 is 1.94 bits per heavy atom. The molecule has 0 atom stereocenters. The molecule has 1 fully saturated rings. The smallest absolute Gasteiger partial charge is 0.129 e. The summed E-state index contributed by atoms with van der Waals surface area (Å²) >= 11 is 0. The van der Waals surface area contributed by atoms with Gasteiger partial charge in [-0.15, -0.1) is 5.54 Å². The molecule has 2 rings (SSSR count). The number of hydrogen-bond acceptors (Lipinski definition) is 3. The van der Waals surface area contributed by atoms with E-state index in [1.54, 1.807) is 0 Å². The summed E-state index contributed by atoms with van der Waals surface area (Å²) in [6, 6.07) is 4.12. The van der Waals surface area contributed by atoms with Gasteiger partial charge in [0.05, 0.1) is 25.1 Å². The molecular formula is C14H20N2OSi. The number of hydrogen-bond donors (Lipinski definition) is 0. The van der Waals surface area contributed by atoms with Gasteiger partial charge in [-0.1, -0.05) is 25.6 Å². The largest absolute Gasteiger partial charge is 0.378 e. The van der Waals surface area contributed by atoms with Gasteiger partial charge in [-0.05, 0) is 12.1 Å². The Balaban J connectivity index is 2.07. The van der Waals surface area contributed by atoms with Crippen LogP contribution in [0.25, 0.3) is 0 Å². The second-order valence-corrected chi connectivity index (χ2v) is 10.3. The van der Waals surface area contributed by atoms with E-state index >= 15 is 0 Å². The van der Waals surface area contributed by atoms with Crippen molar-refractivity contribution in [1.29, 1.82) is 0 Å². The van der Waals surface area contributed by atoms with Gasteiger partial charge >= 0.3 is 0 Å². The second-order valence-electron chi connectivity index (χ2n) is 5.50. The molecule has 1 aromatic heterocycles. The third-order valence-corrected chi connectivity index (χ3v) is 3.56. The van der Waals surface area contributed by atoms with Gasteiger partial charge in [0.25, 0.3) is 0 Å². The van der Waals surface area contributed by atoms with Crippen LogP contribution in [0.4, 0.5) is 5.69 Å². The van der Waals surface area contributed by atoms with Crippen molar-refractivity contribution in [3.8, 4) is 11.5 Å². The lowest BCUT2D eigenvalue weighted by Crippen LogP contribution is -2.36. The van der Waals surface area contributed by atoms with Crippen LogP contribution in [0.5, 0.6) is 0 Å². The normalized spacial score (nSPS) is 16.1. The Kier molecular flexibility index (Phi) is 4.05. The minimum absolute atomic E-state index is 0.803. The van der Waals surface area contributed by atoms with Crippen molar-refractivity contribution < 1.29 is 4.74 Å². The Morgan fingerprint density at radius 3 is 2.50 bits per heavy atom. The molecule has 1 aromatic rings. The zero-order chi connectivity index (χ0) is 13.0. The summed E-state index contributed by atoms with van der Waals surface area (Å²) in [5.41, 5.74) is 5.36. The summed E-state index contributed by atoms with van der Waals surface area (Å²) in [6.07, 6.45) is 1.92. The summed E-state index contributed by atoms with van der Waals surface area (Å²) in [7, 11) is -1.31. The lowest BCUT2D eigenvalue weighted by atomic mass is 10.3. The Labute approximate surface area is 110 Å². The lowest BCUT2D eigenvalue weighted by molar-refractivity contribution is 0.122. The predicted molar refractivity (Wildman–Crippen MR) is 77.5 cm³/mol. The Hall–Kier alpha value is -1.31. The maximum absolute atomic E-state index is 5.34. The van der Waals surface area contributed by atoms with Gasteiger partial charge in [-0.2, -0.15) is 0 Å². The maximum Gasteiger partial charge on any atom is 0.129 e. The quantitative estimate of drug-likeness (QED) is 0.571. The summed E-state index contributed by atoms with van der Waals surface area (Å²) in [5, 5.41) is 0. The van der Waals surface area contributed by atoms with Crippen LogP contribution in [0.3, 0.4) is 0 Å². The summed E-state index contributed by atoms with van der Waals surface area (Å²) in [5.74, 6) is 3.17. The Morgan fingerprint density at radius 1 is 1.22 bits per heavy atom. The molecule has 0 bridgehead atoms. The van der Waals surface area contributed by atoms with E-state index in [1.165, 1.54) is 0 Å². The van der Waals surface area contributed by atoms with E-state index in [0.29, 0.717) is 0 Å². The fourth-order valence-electron chi connectivity index (χ4n) is 1.72. The molecule has 2 heterocycles. The van der Waals surface area contributed by atoms with Gasteiger partial charge in [0.2, 0.25) is 0 Å². The van der Waals surface area contributed by atoms with Crippen molar-refractivity contribution in [2.75, 3.05) is 31.2 Å². The van der Waals surface area contributed by atoms with E-state index in [9.17, 15) is 0 Å². The molecule has 1 aliphatic rings. The highest BCUT2D eigenvalue weighted by Crippen LogP contribution is 2.14. The minimum atomic E-state index is -1.31. The molecule has 1 saturated heterocycles. The third kappa shape index (κ3) is 3.86. The minimum Gasteiger partial charge on any atom is -0.378 e. The molecule has 18 heavy (non-hydrogen) atoms. The van der Waals surface area contributed by atoms with Crippen molar-refractivity contribution in [1.82, 2.24) is 4.98 Å². The van der Waals surface area contributed by atoms with Crippen LogP contribution in [0, 0.1) is 11.5 Å². The van der Waals surface area contributed by atoms with Gasteiger partial charge in [-0.3, -0.25) is 0 Å². The van der Waals surface area contributed by atoms with Crippen molar-refractivity contribution in [3.63, 3.8) is 0 Å². The van der Waals surface area contributed by atoms with Crippen LogP contribution >= 0.6 is 0 Å². The number of rotatable bonds is 1. The standard InChI is InChI=1S/C14H20N2OSi/c1-18(2,3)11-6-13-4-5-14(12-15-13)16-7-9-17-10-8-16/h4-5,12H,7-10H2,1-3H3. The highest BCUT2D eigenvalue weighted by Gasteiger charge is 2.11. The molecule has 0 aromatic carbocycles. The monoisotopic (exact) mass is 260 g/mol. The van der Waals surface area contributed by atoms with Crippen LogP contribution in [-0.4, -0.2) is 39.4 Å². The number of morpholine rings is 1. The number of pyridine rings is 1. The van der Waals surface area contributed by atoms with Crippen molar-refractivity contribution >= 4 is 13.8 Å². The van der Waals surface area contributed by atoms with Crippen LogP contribution in [-0.2, 0) is 4.74 Å². The maximum atomic E-state index is 5.34. The summed E-state index contributed by atoms with van der Waals surface area (Å²) < 4.78 is 5.34. The first-order valence-electron chi connectivity index (χ1n) is 6.36. The molecule has 0 unspecified atom stereocenters. The molecule has 0 N–H and O–H groups in total. The van der Waals surface area contributed by atoms with Crippen molar-refractivity contribution in [2.45, 2.75) is 19.6 Å². The molecular weight excluding hydrogens is 240 g/mol. The molecule has 1 aliphatic heterocycles. The van der Waals surface area contributed by atoms with Crippen molar-refractivity contribution in [3.05, 3.63) is 24.0 Å². The Bertz CT molecular complexity index is 447. The van der Waals surface area contributed by atoms with E-state index in [-0.39, 0.29) is 0 Å². The van der Waals surface area contributed by atoms with E-state index < -0.39 is 8.07 Å². The van der Waals surface area contributed by atoms with Crippen LogP contribution in [0.2, 0.25) is 19.6 Å². The summed E-state index contributed by atoms with van der Waals surface area (Å²) in [4.78, 5) is 6.72. The zero-order valence-corrected chi connectivity index (χ0v) is 12.4. The van der Waals surface area contributed by atoms with Gasteiger partial charge in [0, 0.05) is 13.1 Å². The molecule has 4 heteroatoms. The van der Waals surface area contributed by atoms with Crippen LogP contribution < -0.4 is 4.90 Å². The highest BCUT2D eigenvalue weighted by atomic mass is 28.3. The van der Waals surface area contributed by atoms with Gasteiger partial charge in [-0.25, -0.2) is 4.98 Å². The second kappa shape index (κ2) is 5.55. The molecule has 0 amide bonds. The molecule has 0 spiro atoms. The molecule has 0 radical (unpaired) electrons. The van der Waals surface area contributed by atoms with E-state index in [0.717, 1.165) is 37.7 Å². The number of anilines is 1. The first-order chi connectivity index (χ1) is 8.54. The lowest BCUT2D eigenvalue weighted by Gasteiger charge is -2.28. The van der Waals surface area contributed by atoms with Crippen LogP contribution in [0.15, 0.2) is 18.3 Å². The van der Waals surface area contributed by atoms with E-state index in [2.05, 4.69) is 47.1 Å². The topological polar surface area (TPSA) is 25.4 Å². The van der Waals surface area contributed by atoms with Crippen molar-refractivity contribution in [2.24, 2.45) is 0 Å². The van der Waals surface area contributed by atoms with Crippen LogP contribution in [0.1, 0.15) is 5.69 Å². The first-order valence-corrected chi connectivity index (χ1v) is 9.86. The first kappa shape index (κ1) is 13.1.